The molecule has 0 aliphatic heterocycles. The fourth-order valence-electron chi connectivity index (χ4n) is 2.77. The summed E-state index contributed by atoms with van der Waals surface area (Å²) in [7, 11) is 0. The third-order valence-electron chi connectivity index (χ3n) is 3.79. The van der Waals surface area contributed by atoms with Crippen LogP contribution in [0.1, 0.15) is 78.2 Å². The van der Waals surface area contributed by atoms with Crippen LogP contribution in [0.5, 0.6) is 0 Å². The molecule has 4 nitrogen and oxygen atoms in total. The molecule has 0 fully saturated rings. The SMILES string of the molecule is CCCC(=O)N(c1ncc(CCC)cn1)C(CCC)CCC. The molecule has 0 aromatic carbocycles. The quantitative estimate of drug-likeness (QED) is 0.638. The van der Waals surface area contributed by atoms with Crippen LogP contribution in [-0.4, -0.2) is 21.9 Å². The summed E-state index contributed by atoms with van der Waals surface area (Å²) in [5.41, 5.74) is 1.14. The number of hydrogen-bond acceptors (Lipinski definition) is 3. The minimum atomic E-state index is 0.151. The molecule has 1 amide bonds. The predicted octanol–water partition coefficient (Wildman–Crippen LogP) is 4.53. The lowest BCUT2D eigenvalue weighted by atomic mass is 10.0. The molecule has 1 heterocycles. The summed E-state index contributed by atoms with van der Waals surface area (Å²) in [5.74, 6) is 0.725. The highest BCUT2D eigenvalue weighted by atomic mass is 16.2. The van der Waals surface area contributed by atoms with Gasteiger partial charge in [0.2, 0.25) is 11.9 Å². The molecular formula is C18H31N3O. The molecule has 4 heteroatoms. The Balaban J connectivity index is 3.03. The Bertz CT molecular complexity index is 424. The summed E-state index contributed by atoms with van der Waals surface area (Å²) in [6.45, 7) is 8.51. The van der Waals surface area contributed by atoms with Crippen molar-refractivity contribution >= 4 is 11.9 Å². The van der Waals surface area contributed by atoms with Crippen molar-refractivity contribution in [1.82, 2.24) is 9.97 Å². The van der Waals surface area contributed by atoms with Gasteiger partial charge in [0.25, 0.3) is 0 Å². The molecule has 22 heavy (non-hydrogen) atoms. The molecule has 0 unspecified atom stereocenters. The zero-order chi connectivity index (χ0) is 16.4. The first kappa shape index (κ1) is 18.6. The molecule has 0 bridgehead atoms. The number of aromatic nitrogens is 2. The second-order valence-electron chi connectivity index (χ2n) is 5.89. The van der Waals surface area contributed by atoms with E-state index in [1.54, 1.807) is 0 Å². The third-order valence-corrected chi connectivity index (χ3v) is 3.79. The second kappa shape index (κ2) is 10.3. The molecule has 0 radical (unpaired) electrons. The number of amides is 1. The first-order valence-electron chi connectivity index (χ1n) is 8.80. The Kier molecular flexibility index (Phi) is 8.71. The van der Waals surface area contributed by atoms with E-state index in [0.717, 1.165) is 50.5 Å². The van der Waals surface area contributed by atoms with Gasteiger partial charge < -0.3 is 0 Å². The Labute approximate surface area is 135 Å². The number of nitrogens with zero attached hydrogens (tertiary/aromatic N) is 3. The van der Waals surface area contributed by atoms with Gasteiger partial charge in [0.15, 0.2) is 0 Å². The third kappa shape index (κ3) is 5.39. The topological polar surface area (TPSA) is 46.1 Å². The van der Waals surface area contributed by atoms with Crippen LogP contribution in [0.15, 0.2) is 12.4 Å². The van der Waals surface area contributed by atoms with E-state index in [-0.39, 0.29) is 11.9 Å². The summed E-state index contributed by atoms with van der Waals surface area (Å²) < 4.78 is 0. The average Bonchev–Trinajstić information content (AvgIpc) is 2.50. The van der Waals surface area contributed by atoms with Gasteiger partial charge in [-0.1, -0.05) is 47.0 Å². The van der Waals surface area contributed by atoms with Gasteiger partial charge in [-0.2, -0.15) is 0 Å². The molecular weight excluding hydrogens is 274 g/mol. The van der Waals surface area contributed by atoms with Crippen LogP contribution in [0.2, 0.25) is 0 Å². The normalized spacial score (nSPS) is 11.0. The summed E-state index contributed by atoms with van der Waals surface area (Å²) in [6.07, 6.45) is 11.3. The molecule has 1 aromatic heterocycles. The molecule has 1 rings (SSSR count). The fraction of sp³-hybridized carbons (Fsp3) is 0.722. The van der Waals surface area contributed by atoms with Crippen LogP contribution in [0.4, 0.5) is 5.95 Å². The van der Waals surface area contributed by atoms with Gasteiger partial charge in [0, 0.05) is 24.9 Å². The highest BCUT2D eigenvalue weighted by Crippen LogP contribution is 2.21. The lowest BCUT2D eigenvalue weighted by Crippen LogP contribution is -2.41. The fourth-order valence-corrected chi connectivity index (χ4v) is 2.77. The van der Waals surface area contributed by atoms with E-state index in [1.807, 2.05) is 24.2 Å². The predicted molar refractivity (Wildman–Crippen MR) is 92.0 cm³/mol. The lowest BCUT2D eigenvalue weighted by Gasteiger charge is -2.30. The molecule has 0 atom stereocenters. The van der Waals surface area contributed by atoms with Crippen LogP contribution in [0.3, 0.4) is 0 Å². The van der Waals surface area contributed by atoms with Crippen LogP contribution in [-0.2, 0) is 11.2 Å². The summed E-state index contributed by atoms with van der Waals surface area (Å²) in [5, 5.41) is 0. The summed E-state index contributed by atoms with van der Waals surface area (Å²) in [6, 6.07) is 0.214. The highest BCUT2D eigenvalue weighted by Gasteiger charge is 2.25. The van der Waals surface area contributed by atoms with Gasteiger partial charge in [0.1, 0.15) is 0 Å². The molecule has 0 aliphatic rings. The lowest BCUT2D eigenvalue weighted by molar-refractivity contribution is -0.119. The second-order valence-corrected chi connectivity index (χ2v) is 5.89. The Morgan fingerprint density at radius 3 is 2.05 bits per heavy atom. The largest absolute Gasteiger partial charge is 0.278 e. The summed E-state index contributed by atoms with van der Waals surface area (Å²) >= 11 is 0. The number of carbonyl (C=O) groups is 1. The maximum absolute atomic E-state index is 12.6. The minimum Gasteiger partial charge on any atom is -0.278 e. The maximum atomic E-state index is 12.6. The van der Waals surface area contributed by atoms with Crippen molar-refractivity contribution in [2.24, 2.45) is 0 Å². The van der Waals surface area contributed by atoms with E-state index in [9.17, 15) is 4.79 Å². The van der Waals surface area contributed by atoms with E-state index in [2.05, 4.69) is 30.7 Å². The zero-order valence-electron chi connectivity index (χ0n) is 14.6. The number of aryl methyl sites for hydroxylation is 1. The van der Waals surface area contributed by atoms with Crippen LogP contribution >= 0.6 is 0 Å². The molecule has 0 saturated heterocycles. The number of carbonyl (C=O) groups excluding carboxylic acids is 1. The average molecular weight is 305 g/mol. The van der Waals surface area contributed by atoms with Gasteiger partial charge in [-0.15, -0.1) is 0 Å². The van der Waals surface area contributed by atoms with Gasteiger partial charge in [-0.3, -0.25) is 9.69 Å². The number of rotatable bonds is 10. The van der Waals surface area contributed by atoms with Crippen molar-refractivity contribution < 1.29 is 4.79 Å². The van der Waals surface area contributed by atoms with E-state index < -0.39 is 0 Å². The molecule has 0 spiro atoms. The van der Waals surface area contributed by atoms with Crippen molar-refractivity contribution in [3.63, 3.8) is 0 Å². The van der Waals surface area contributed by atoms with E-state index in [4.69, 9.17) is 0 Å². The Morgan fingerprint density at radius 2 is 1.59 bits per heavy atom. The molecule has 0 saturated carbocycles. The summed E-state index contributed by atoms with van der Waals surface area (Å²) in [4.78, 5) is 23.4. The van der Waals surface area contributed by atoms with Gasteiger partial charge in [-0.25, -0.2) is 9.97 Å². The van der Waals surface area contributed by atoms with Crippen LogP contribution < -0.4 is 4.90 Å². The highest BCUT2D eigenvalue weighted by molar-refractivity contribution is 5.92. The number of anilines is 1. The van der Waals surface area contributed by atoms with Gasteiger partial charge >= 0.3 is 0 Å². The standard InChI is InChI=1S/C18H31N3O/c1-5-9-15-13-19-18(20-14-15)21(17(22)12-8-4)16(10-6-2)11-7-3/h13-14,16H,5-12H2,1-4H3. The monoisotopic (exact) mass is 305 g/mol. The minimum absolute atomic E-state index is 0.151. The molecule has 1 aromatic rings. The number of hydrogen-bond donors (Lipinski definition) is 0. The van der Waals surface area contributed by atoms with E-state index in [1.165, 1.54) is 0 Å². The van der Waals surface area contributed by atoms with Crippen molar-refractivity contribution in [3.8, 4) is 0 Å². The molecule has 124 valence electrons. The molecule has 0 N–H and O–H groups in total. The Hall–Kier alpha value is -1.45. The van der Waals surface area contributed by atoms with E-state index >= 15 is 0 Å². The zero-order valence-corrected chi connectivity index (χ0v) is 14.6. The van der Waals surface area contributed by atoms with Crippen molar-refractivity contribution in [2.45, 2.75) is 85.1 Å². The van der Waals surface area contributed by atoms with Gasteiger partial charge in [0.05, 0.1) is 0 Å². The first-order chi connectivity index (χ1) is 10.7. The van der Waals surface area contributed by atoms with Crippen molar-refractivity contribution in [2.75, 3.05) is 4.90 Å². The molecule has 0 aliphatic carbocycles. The van der Waals surface area contributed by atoms with E-state index in [0.29, 0.717) is 12.4 Å². The first-order valence-corrected chi connectivity index (χ1v) is 8.80. The van der Waals surface area contributed by atoms with Crippen molar-refractivity contribution in [3.05, 3.63) is 18.0 Å². The van der Waals surface area contributed by atoms with Crippen molar-refractivity contribution in [1.29, 1.82) is 0 Å². The maximum Gasteiger partial charge on any atom is 0.232 e. The van der Waals surface area contributed by atoms with Crippen LogP contribution in [0.25, 0.3) is 0 Å². The van der Waals surface area contributed by atoms with Gasteiger partial charge in [-0.05, 0) is 31.2 Å². The Morgan fingerprint density at radius 1 is 1.00 bits per heavy atom. The smallest absolute Gasteiger partial charge is 0.232 e. The van der Waals surface area contributed by atoms with Crippen LogP contribution in [0, 0.1) is 0 Å².